The minimum atomic E-state index is -1.89. The van der Waals surface area contributed by atoms with Crippen molar-refractivity contribution in [2.45, 2.75) is 37.1 Å². The molecule has 2 rings (SSSR count). The van der Waals surface area contributed by atoms with Crippen molar-refractivity contribution >= 4 is 5.97 Å². The minimum Gasteiger partial charge on any atom is -0.469 e. The number of hydrogen-bond donors (Lipinski definition) is 3. The molecule has 24 heavy (non-hydrogen) atoms. The number of nitrogens with zero attached hydrogens (tertiary/aromatic N) is 1. The molecule has 3 N–H and O–H groups in total. The molecule has 1 aliphatic carbocycles. The SMILES string of the molecule is COC(=O)[C@H]1[C@@H](O)[C@H](OCc2ccccc2)[C@@H](O)[C@H](O)[C@@H]1[N+](=O)[O-]. The van der Waals surface area contributed by atoms with Crippen LogP contribution in [0.25, 0.3) is 0 Å². The average Bonchev–Trinajstić information content (AvgIpc) is 2.57. The first-order valence-corrected chi connectivity index (χ1v) is 7.29. The second-order valence-electron chi connectivity index (χ2n) is 5.56. The van der Waals surface area contributed by atoms with E-state index in [1.165, 1.54) is 0 Å². The molecule has 0 bridgehead atoms. The summed E-state index contributed by atoms with van der Waals surface area (Å²) in [6, 6.07) is 6.93. The molecular weight excluding hydrogens is 322 g/mol. The van der Waals surface area contributed by atoms with E-state index in [1.807, 2.05) is 0 Å². The fourth-order valence-corrected chi connectivity index (χ4v) is 2.85. The number of benzene rings is 1. The molecule has 0 unspecified atom stereocenters. The van der Waals surface area contributed by atoms with Crippen molar-refractivity contribution < 1.29 is 34.5 Å². The summed E-state index contributed by atoms with van der Waals surface area (Å²) in [4.78, 5) is 22.1. The number of ether oxygens (including phenoxy) is 2. The highest BCUT2D eigenvalue weighted by Crippen LogP contribution is 2.31. The molecule has 1 aliphatic rings. The Bertz CT molecular complexity index is 580. The Kier molecular flexibility index (Phi) is 5.84. The molecule has 6 atom stereocenters. The molecule has 0 aromatic heterocycles. The Labute approximate surface area is 137 Å². The highest BCUT2D eigenvalue weighted by Gasteiger charge is 2.59. The van der Waals surface area contributed by atoms with Gasteiger partial charge in [-0.15, -0.1) is 0 Å². The van der Waals surface area contributed by atoms with Crippen LogP contribution in [0.2, 0.25) is 0 Å². The Morgan fingerprint density at radius 3 is 2.33 bits per heavy atom. The number of esters is 1. The number of aliphatic hydroxyl groups excluding tert-OH is 3. The highest BCUT2D eigenvalue weighted by atomic mass is 16.6. The third-order valence-electron chi connectivity index (χ3n) is 4.11. The molecule has 1 saturated carbocycles. The maximum atomic E-state index is 11.8. The van der Waals surface area contributed by atoms with E-state index >= 15 is 0 Å². The molecule has 1 aromatic rings. The van der Waals surface area contributed by atoms with Gasteiger partial charge in [-0.1, -0.05) is 30.3 Å². The van der Waals surface area contributed by atoms with Crippen LogP contribution in [0.15, 0.2) is 30.3 Å². The molecule has 1 fully saturated rings. The lowest BCUT2D eigenvalue weighted by atomic mass is 9.77. The number of carbonyl (C=O) groups excluding carboxylic acids is 1. The van der Waals surface area contributed by atoms with Gasteiger partial charge in [0.1, 0.15) is 18.3 Å². The van der Waals surface area contributed by atoms with Crippen molar-refractivity contribution in [1.82, 2.24) is 0 Å². The van der Waals surface area contributed by atoms with Gasteiger partial charge in [-0.25, -0.2) is 0 Å². The molecule has 0 radical (unpaired) electrons. The quantitative estimate of drug-likeness (QED) is 0.356. The van der Waals surface area contributed by atoms with Crippen LogP contribution in [0, 0.1) is 16.0 Å². The number of rotatable bonds is 5. The molecule has 0 saturated heterocycles. The van der Waals surface area contributed by atoms with E-state index in [4.69, 9.17) is 4.74 Å². The van der Waals surface area contributed by atoms with Crippen LogP contribution in [0.5, 0.6) is 0 Å². The van der Waals surface area contributed by atoms with Crippen molar-refractivity contribution in [1.29, 1.82) is 0 Å². The van der Waals surface area contributed by atoms with E-state index in [0.29, 0.717) is 0 Å². The predicted molar refractivity (Wildman–Crippen MR) is 79.3 cm³/mol. The lowest BCUT2D eigenvalue weighted by Crippen LogP contribution is -2.65. The zero-order valence-electron chi connectivity index (χ0n) is 12.9. The van der Waals surface area contributed by atoms with Crippen LogP contribution in [0.3, 0.4) is 0 Å². The van der Waals surface area contributed by atoms with E-state index in [0.717, 1.165) is 12.7 Å². The molecule has 0 amide bonds. The van der Waals surface area contributed by atoms with Crippen LogP contribution in [0.1, 0.15) is 5.56 Å². The maximum Gasteiger partial charge on any atom is 0.318 e. The number of carbonyl (C=O) groups is 1. The summed E-state index contributed by atoms with van der Waals surface area (Å²) < 4.78 is 9.91. The topological polar surface area (TPSA) is 139 Å². The van der Waals surface area contributed by atoms with Crippen LogP contribution in [-0.2, 0) is 20.9 Å². The Morgan fingerprint density at radius 1 is 1.17 bits per heavy atom. The Morgan fingerprint density at radius 2 is 1.79 bits per heavy atom. The molecule has 9 heteroatoms. The zero-order chi connectivity index (χ0) is 17.9. The molecule has 0 spiro atoms. The largest absolute Gasteiger partial charge is 0.469 e. The third kappa shape index (κ3) is 3.54. The van der Waals surface area contributed by atoms with Gasteiger partial charge >= 0.3 is 5.97 Å². The predicted octanol–water partition coefficient (Wildman–Crippen LogP) is -0.897. The van der Waals surface area contributed by atoms with Crippen molar-refractivity contribution in [3.8, 4) is 0 Å². The van der Waals surface area contributed by atoms with Gasteiger partial charge in [0.15, 0.2) is 12.0 Å². The zero-order valence-corrected chi connectivity index (χ0v) is 12.9. The molecule has 0 aliphatic heterocycles. The summed E-state index contributed by atoms with van der Waals surface area (Å²) in [6.45, 7) is -0.0105. The van der Waals surface area contributed by atoms with Crippen LogP contribution in [-0.4, -0.2) is 63.8 Å². The number of nitro groups is 1. The maximum absolute atomic E-state index is 11.8. The van der Waals surface area contributed by atoms with Gasteiger partial charge in [0.05, 0.1) is 13.7 Å². The van der Waals surface area contributed by atoms with Gasteiger partial charge in [-0.3, -0.25) is 14.9 Å². The van der Waals surface area contributed by atoms with Crippen LogP contribution >= 0.6 is 0 Å². The lowest BCUT2D eigenvalue weighted by Gasteiger charge is -2.40. The van der Waals surface area contributed by atoms with E-state index < -0.39 is 47.3 Å². The van der Waals surface area contributed by atoms with Crippen LogP contribution < -0.4 is 0 Å². The minimum absolute atomic E-state index is 0.0105. The second-order valence-corrected chi connectivity index (χ2v) is 5.56. The van der Waals surface area contributed by atoms with Gasteiger partial charge in [0.25, 0.3) is 6.04 Å². The van der Waals surface area contributed by atoms with E-state index in [2.05, 4.69) is 4.74 Å². The molecule has 1 aromatic carbocycles. The lowest BCUT2D eigenvalue weighted by molar-refractivity contribution is -0.553. The van der Waals surface area contributed by atoms with Crippen molar-refractivity contribution in [3.05, 3.63) is 46.0 Å². The third-order valence-corrected chi connectivity index (χ3v) is 4.11. The highest BCUT2D eigenvalue weighted by molar-refractivity contribution is 5.74. The molecule has 0 heterocycles. The van der Waals surface area contributed by atoms with E-state index in [1.54, 1.807) is 30.3 Å². The van der Waals surface area contributed by atoms with Crippen molar-refractivity contribution in [2.75, 3.05) is 7.11 Å². The summed E-state index contributed by atoms with van der Waals surface area (Å²) in [6.07, 6.45) is -6.68. The van der Waals surface area contributed by atoms with Crippen LogP contribution in [0.4, 0.5) is 0 Å². The summed E-state index contributed by atoms with van der Waals surface area (Å²) >= 11 is 0. The molecule has 132 valence electrons. The second kappa shape index (κ2) is 7.67. The number of hydrogen-bond acceptors (Lipinski definition) is 8. The average molecular weight is 341 g/mol. The van der Waals surface area contributed by atoms with Gasteiger partial charge in [0.2, 0.25) is 0 Å². The standard InChI is InChI=1S/C15H19NO8/c1-23-15(20)9-10(16(21)22)12(18)13(19)14(11(9)17)24-7-8-5-3-2-4-6-8/h2-6,9-14,17-19H,7H2,1H3/t9-,10-,11-,12-,13+,14+/m1/s1. The van der Waals surface area contributed by atoms with E-state index in [-0.39, 0.29) is 6.61 Å². The van der Waals surface area contributed by atoms with Crippen molar-refractivity contribution in [2.24, 2.45) is 5.92 Å². The van der Waals surface area contributed by atoms with Crippen molar-refractivity contribution in [3.63, 3.8) is 0 Å². The van der Waals surface area contributed by atoms with Gasteiger partial charge < -0.3 is 24.8 Å². The Hall–Kier alpha value is -2.07. The molecular formula is C15H19NO8. The fourth-order valence-electron chi connectivity index (χ4n) is 2.85. The first kappa shape index (κ1) is 18.3. The smallest absolute Gasteiger partial charge is 0.318 e. The number of methoxy groups -OCH3 is 1. The Balaban J connectivity index is 2.22. The first-order valence-electron chi connectivity index (χ1n) is 7.29. The normalized spacial score (nSPS) is 33.0. The number of aliphatic hydroxyl groups is 3. The van der Waals surface area contributed by atoms with Gasteiger partial charge in [0, 0.05) is 4.92 Å². The summed E-state index contributed by atoms with van der Waals surface area (Å²) in [5.74, 6) is -2.70. The first-order chi connectivity index (χ1) is 11.4. The van der Waals surface area contributed by atoms with Gasteiger partial charge in [-0.05, 0) is 5.56 Å². The summed E-state index contributed by atoms with van der Waals surface area (Å²) in [5.41, 5.74) is 0.734. The van der Waals surface area contributed by atoms with E-state index in [9.17, 15) is 30.2 Å². The summed E-state index contributed by atoms with van der Waals surface area (Å²) in [5, 5.41) is 41.6. The molecule has 9 nitrogen and oxygen atoms in total. The monoisotopic (exact) mass is 341 g/mol. The fraction of sp³-hybridized carbons (Fsp3) is 0.533. The summed E-state index contributed by atoms with van der Waals surface area (Å²) in [7, 11) is 1.02. The van der Waals surface area contributed by atoms with Gasteiger partial charge in [-0.2, -0.15) is 0 Å².